The summed E-state index contributed by atoms with van der Waals surface area (Å²) in [4.78, 5) is 12.1. The van der Waals surface area contributed by atoms with Crippen molar-refractivity contribution in [2.45, 2.75) is 5.22 Å². The van der Waals surface area contributed by atoms with Crippen LogP contribution in [0, 0.1) is 5.82 Å². The van der Waals surface area contributed by atoms with Crippen LogP contribution in [-0.2, 0) is 0 Å². The molecule has 3 rings (SSSR count). The highest BCUT2D eigenvalue weighted by atomic mass is 35.5. The number of hydrogen-bond donors (Lipinski definition) is 0. The van der Waals surface area contributed by atoms with E-state index < -0.39 is 0 Å². The third-order valence-corrected chi connectivity index (χ3v) is 4.34. The van der Waals surface area contributed by atoms with Gasteiger partial charge in [0.05, 0.1) is 18.4 Å². The Bertz CT molecular complexity index is 899. The molecular weight excluding hydrogens is 367 g/mol. The quantitative estimate of drug-likeness (QED) is 0.464. The van der Waals surface area contributed by atoms with Gasteiger partial charge in [0.1, 0.15) is 11.6 Å². The zero-order valence-electron chi connectivity index (χ0n) is 13.0. The summed E-state index contributed by atoms with van der Waals surface area (Å²) in [6.07, 6.45) is 0. The van der Waals surface area contributed by atoms with Gasteiger partial charge in [0.25, 0.3) is 11.1 Å². The average Bonchev–Trinajstić information content (AvgIpc) is 3.09. The molecule has 0 radical (unpaired) electrons. The second-order valence-corrected chi connectivity index (χ2v) is 6.30. The Labute approximate surface area is 152 Å². The SMILES string of the molecule is COc1ccc(Cl)cc1-c1nnc(SCC(=O)c2ccc(F)cc2)o1. The van der Waals surface area contributed by atoms with E-state index in [4.69, 9.17) is 20.8 Å². The molecule has 0 spiro atoms. The number of carbonyl (C=O) groups is 1. The Balaban J connectivity index is 1.71. The van der Waals surface area contributed by atoms with E-state index in [2.05, 4.69) is 10.2 Å². The number of Topliss-reactive ketones (excluding diaryl/α,β-unsaturated/α-hetero) is 1. The van der Waals surface area contributed by atoms with Crippen LogP contribution in [0.3, 0.4) is 0 Å². The van der Waals surface area contributed by atoms with Crippen molar-refractivity contribution in [3.63, 3.8) is 0 Å². The number of ether oxygens (including phenoxy) is 1. The van der Waals surface area contributed by atoms with Gasteiger partial charge in [0.15, 0.2) is 5.78 Å². The average molecular weight is 379 g/mol. The largest absolute Gasteiger partial charge is 0.496 e. The van der Waals surface area contributed by atoms with E-state index in [1.807, 2.05) is 0 Å². The Hall–Kier alpha value is -2.38. The predicted octanol–water partition coefficient (Wildman–Crippen LogP) is 4.51. The van der Waals surface area contributed by atoms with Crippen molar-refractivity contribution in [3.8, 4) is 17.2 Å². The topological polar surface area (TPSA) is 65.2 Å². The van der Waals surface area contributed by atoms with Crippen molar-refractivity contribution in [3.05, 3.63) is 58.9 Å². The number of rotatable bonds is 6. The van der Waals surface area contributed by atoms with Gasteiger partial charge in [-0.25, -0.2) is 4.39 Å². The lowest BCUT2D eigenvalue weighted by molar-refractivity contribution is 0.102. The van der Waals surface area contributed by atoms with E-state index in [9.17, 15) is 9.18 Å². The van der Waals surface area contributed by atoms with Gasteiger partial charge in [0, 0.05) is 10.6 Å². The maximum atomic E-state index is 12.9. The van der Waals surface area contributed by atoms with E-state index >= 15 is 0 Å². The van der Waals surface area contributed by atoms with Gasteiger partial charge >= 0.3 is 0 Å². The third kappa shape index (κ3) is 4.18. The van der Waals surface area contributed by atoms with E-state index in [1.54, 1.807) is 18.2 Å². The maximum absolute atomic E-state index is 12.9. The molecule has 3 aromatic rings. The fourth-order valence-corrected chi connectivity index (χ4v) is 2.90. The zero-order valence-corrected chi connectivity index (χ0v) is 14.6. The lowest BCUT2D eigenvalue weighted by Gasteiger charge is -2.04. The van der Waals surface area contributed by atoms with Crippen molar-refractivity contribution in [1.82, 2.24) is 10.2 Å². The molecule has 0 fully saturated rings. The molecule has 0 saturated carbocycles. The molecule has 0 atom stereocenters. The van der Waals surface area contributed by atoms with Gasteiger partial charge in [-0.1, -0.05) is 23.4 Å². The summed E-state index contributed by atoms with van der Waals surface area (Å²) in [5.74, 6) is 0.342. The maximum Gasteiger partial charge on any atom is 0.277 e. The lowest BCUT2D eigenvalue weighted by atomic mass is 10.1. The van der Waals surface area contributed by atoms with E-state index in [0.717, 1.165) is 11.8 Å². The van der Waals surface area contributed by atoms with Gasteiger partial charge in [-0.15, -0.1) is 10.2 Å². The van der Waals surface area contributed by atoms with Crippen LogP contribution in [-0.4, -0.2) is 28.8 Å². The van der Waals surface area contributed by atoms with Gasteiger partial charge in [-0.05, 0) is 42.5 Å². The first-order chi connectivity index (χ1) is 12.1. The predicted molar refractivity (Wildman–Crippen MR) is 92.8 cm³/mol. The molecular formula is C17H12ClFN2O3S. The van der Waals surface area contributed by atoms with Crippen molar-refractivity contribution in [2.75, 3.05) is 12.9 Å². The van der Waals surface area contributed by atoms with E-state index in [-0.39, 0.29) is 28.5 Å². The summed E-state index contributed by atoms with van der Waals surface area (Å²) in [5, 5.41) is 8.63. The number of methoxy groups -OCH3 is 1. The van der Waals surface area contributed by atoms with Gasteiger partial charge in [0.2, 0.25) is 0 Å². The first-order valence-electron chi connectivity index (χ1n) is 7.16. The van der Waals surface area contributed by atoms with Gasteiger partial charge in [-0.2, -0.15) is 0 Å². The molecule has 0 bridgehead atoms. The zero-order chi connectivity index (χ0) is 17.8. The molecule has 128 valence electrons. The van der Waals surface area contributed by atoms with Crippen LogP contribution in [0.5, 0.6) is 5.75 Å². The molecule has 0 amide bonds. The number of hydrogen-bond acceptors (Lipinski definition) is 6. The Morgan fingerprint density at radius 3 is 2.72 bits per heavy atom. The lowest BCUT2D eigenvalue weighted by Crippen LogP contribution is -2.02. The molecule has 1 aromatic heterocycles. The second-order valence-electron chi connectivity index (χ2n) is 4.94. The van der Waals surface area contributed by atoms with Crippen molar-refractivity contribution >= 4 is 29.1 Å². The Morgan fingerprint density at radius 2 is 2.00 bits per heavy atom. The van der Waals surface area contributed by atoms with Crippen LogP contribution in [0.4, 0.5) is 4.39 Å². The summed E-state index contributed by atoms with van der Waals surface area (Å²) in [7, 11) is 1.53. The summed E-state index contributed by atoms with van der Waals surface area (Å²) in [6.45, 7) is 0. The van der Waals surface area contributed by atoms with Crippen LogP contribution < -0.4 is 4.74 Å². The number of ketones is 1. The van der Waals surface area contributed by atoms with Gasteiger partial charge in [-0.3, -0.25) is 4.79 Å². The molecule has 0 saturated heterocycles. The third-order valence-electron chi connectivity index (χ3n) is 3.29. The molecule has 25 heavy (non-hydrogen) atoms. The number of halogens is 2. The molecule has 8 heteroatoms. The fraction of sp³-hybridized carbons (Fsp3) is 0.118. The Morgan fingerprint density at radius 1 is 1.24 bits per heavy atom. The van der Waals surface area contributed by atoms with Crippen molar-refractivity contribution < 1.29 is 18.3 Å². The number of carbonyl (C=O) groups excluding carboxylic acids is 1. The summed E-state index contributed by atoms with van der Waals surface area (Å²) >= 11 is 7.09. The summed E-state index contributed by atoms with van der Waals surface area (Å²) in [6, 6.07) is 10.4. The van der Waals surface area contributed by atoms with Crippen LogP contribution in [0.1, 0.15) is 10.4 Å². The normalized spacial score (nSPS) is 10.7. The molecule has 0 aliphatic rings. The van der Waals surface area contributed by atoms with E-state index in [0.29, 0.717) is 21.9 Å². The minimum atomic E-state index is -0.388. The van der Waals surface area contributed by atoms with Crippen LogP contribution in [0.15, 0.2) is 52.1 Å². The van der Waals surface area contributed by atoms with Crippen LogP contribution in [0.25, 0.3) is 11.5 Å². The monoisotopic (exact) mass is 378 g/mol. The standard InChI is InChI=1S/C17H12ClFN2O3S/c1-23-15-7-4-11(18)8-13(15)16-20-21-17(24-16)25-9-14(22)10-2-5-12(19)6-3-10/h2-8H,9H2,1H3. The van der Waals surface area contributed by atoms with Crippen LogP contribution in [0.2, 0.25) is 5.02 Å². The molecule has 0 aliphatic heterocycles. The number of aromatic nitrogens is 2. The highest BCUT2D eigenvalue weighted by Crippen LogP contribution is 2.33. The highest BCUT2D eigenvalue weighted by Gasteiger charge is 2.16. The molecule has 0 aliphatic carbocycles. The van der Waals surface area contributed by atoms with E-state index in [1.165, 1.54) is 31.4 Å². The molecule has 0 unspecified atom stereocenters. The molecule has 5 nitrogen and oxygen atoms in total. The highest BCUT2D eigenvalue weighted by molar-refractivity contribution is 7.99. The minimum absolute atomic E-state index is 0.0972. The molecule has 0 N–H and O–H groups in total. The van der Waals surface area contributed by atoms with Gasteiger partial charge < -0.3 is 9.15 Å². The number of nitrogens with zero attached hydrogens (tertiary/aromatic N) is 2. The van der Waals surface area contributed by atoms with Crippen molar-refractivity contribution in [2.24, 2.45) is 0 Å². The second kappa shape index (κ2) is 7.67. The smallest absolute Gasteiger partial charge is 0.277 e. The Kier molecular flexibility index (Phi) is 5.35. The number of benzene rings is 2. The first-order valence-corrected chi connectivity index (χ1v) is 8.52. The van der Waals surface area contributed by atoms with Crippen LogP contribution >= 0.6 is 23.4 Å². The fourth-order valence-electron chi connectivity index (χ4n) is 2.07. The first kappa shape index (κ1) is 17.4. The number of thioether (sulfide) groups is 1. The van der Waals surface area contributed by atoms with Crippen molar-refractivity contribution in [1.29, 1.82) is 0 Å². The minimum Gasteiger partial charge on any atom is -0.496 e. The molecule has 2 aromatic carbocycles. The molecule has 1 heterocycles. The summed E-state index contributed by atoms with van der Waals surface area (Å²) < 4.78 is 23.7. The summed E-state index contributed by atoms with van der Waals surface area (Å²) in [5.41, 5.74) is 0.990.